The van der Waals surface area contributed by atoms with Gasteiger partial charge in [-0.15, -0.1) is 0 Å². The van der Waals surface area contributed by atoms with Crippen LogP contribution in [0.1, 0.15) is 50.5 Å². The predicted molar refractivity (Wildman–Crippen MR) is 80.6 cm³/mol. The van der Waals surface area contributed by atoms with Gasteiger partial charge >= 0.3 is 0 Å². The molecule has 2 rings (SSSR count). The molecule has 2 N–H and O–H groups in total. The maximum atomic E-state index is 5.95. The Kier molecular flexibility index (Phi) is 4.79. The Bertz CT molecular complexity index is 548. The van der Waals surface area contributed by atoms with Crippen molar-refractivity contribution in [3.05, 3.63) is 47.8 Å². The third kappa shape index (κ3) is 3.39. The first-order chi connectivity index (χ1) is 9.61. The summed E-state index contributed by atoms with van der Waals surface area (Å²) in [7, 11) is 0. The van der Waals surface area contributed by atoms with Gasteiger partial charge in [0.05, 0.1) is 5.69 Å². The molecule has 0 spiro atoms. The van der Waals surface area contributed by atoms with Crippen LogP contribution in [0.5, 0.6) is 5.75 Å². The van der Waals surface area contributed by atoms with Gasteiger partial charge in [0.15, 0.2) is 0 Å². The Hall–Kier alpha value is -1.81. The van der Waals surface area contributed by atoms with E-state index in [0.29, 0.717) is 12.6 Å². The SMILES string of the molecule is CCC(C)n1ccc(COc2ccccc2C(C)N)n1. The molecule has 0 fully saturated rings. The Labute approximate surface area is 120 Å². The monoisotopic (exact) mass is 273 g/mol. The number of rotatable bonds is 6. The maximum Gasteiger partial charge on any atom is 0.132 e. The zero-order chi connectivity index (χ0) is 14.5. The lowest BCUT2D eigenvalue weighted by Crippen LogP contribution is -2.09. The molecule has 0 aliphatic heterocycles. The van der Waals surface area contributed by atoms with Crippen LogP contribution in [0, 0.1) is 0 Å². The van der Waals surface area contributed by atoms with E-state index in [-0.39, 0.29) is 6.04 Å². The van der Waals surface area contributed by atoms with Crippen molar-refractivity contribution in [1.82, 2.24) is 9.78 Å². The Morgan fingerprint density at radius 2 is 2.00 bits per heavy atom. The van der Waals surface area contributed by atoms with Crippen LogP contribution in [0.2, 0.25) is 0 Å². The highest BCUT2D eigenvalue weighted by molar-refractivity contribution is 5.35. The molecule has 0 amide bonds. The van der Waals surface area contributed by atoms with E-state index in [2.05, 4.69) is 18.9 Å². The average Bonchev–Trinajstić information content (AvgIpc) is 2.93. The van der Waals surface area contributed by atoms with Crippen LogP contribution >= 0.6 is 0 Å². The van der Waals surface area contributed by atoms with Gasteiger partial charge in [0, 0.05) is 23.8 Å². The van der Waals surface area contributed by atoms with E-state index in [1.54, 1.807) is 0 Å². The van der Waals surface area contributed by atoms with Gasteiger partial charge in [-0.25, -0.2) is 0 Å². The van der Waals surface area contributed by atoms with Gasteiger partial charge in [-0.3, -0.25) is 4.68 Å². The smallest absolute Gasteiger partial charge is 0.132 e. The summed E-state index contributed by atoms with van der Waals surface area (Å²) >= 11 is 0. The summed E-state index contributed by atoms with van der Waals surface area (Å²) in [5, 5.41) is 4.53. The molecule has 0 saturated carbocycles. The topological polar surface area (TPSA) is 53.1 Å². The molecule has 2 unspecified atom stereocenters. The first-order valence-electron chi connectivity index (χ1n) is 7.13. The fourth-order valence-electron chi connectivity index (χ4n) is 2.03. The summed E-state index contributed by atoms with van der Waals surface area (Å²) < 4.78 is 7.84. The second-order valence-corrected chi connectivity index (χ2v) is 5.16. The molecule has 1 heterocycles. The van der Waals surface area contributed by atoms with E-state index in [1.807, 2.05) is 48.1 Å². The highest BCUT2D eigenvalue weighted by Crippen LogP contribution is 2.24. The molecule has 20 heavy (non-hydrogen) atoms. The number of nitrogens with two attached hydrogens (primary N) is 1. The lowest BCUT2D eigenvalue weighted by molar-refractivity contribution is 0.293. The van der Waals surface area contributed by atoms with Crippen molar-refractivity contribution in [3.63, 3.8) is 0 Å². The van der Waals surface area contributed by atoms with E-state index in [9.17, 15) is 0 Å². The molecule has 108 valence electrons. The largest absolute Gasteiger partial charge is 0.487 e. The standard InChI is InChI=1S/C16H23N3O/c1-4-12(2)19-10-9-14(18-19)11-20-16-8-6-5-7-15(16)13(3)17/h5-10,12-13H,4,11,17H2,1-3H3. The van der Waals surface area contributed by atoms with E-state index in [1.165, 1.54) is 0 Å². The third-order valence-corrected chi connectivity index (χ3v) is 3.49. The van der Waals surface area contributed by atoms with Crippen molar-refractivity contribution in [2.75, 3.05) is 0 Å². The Morgan fingerprint density at radius 3 is 2.70 bits per heavy atom. The van der Waals surface area contributed by atoms with Crippen LogP contribution in [0.15, 0.2) is 36.5 Å². The van der Waals surface area contributed by atoms with Gasteiger partial charge in [0.2, 0.25) is 0 Å². The van der Waals surface area contributed by atoms with Gasteiger partial charge in [0.1, 0.15) is 12.4 Å². The number of ether oxygens (including phenoxy) is 1. The highest BCUT2D eigenvalue weighted by Gasteiger charge is 2.09. The third-order valence-electron chi connectivity index (χ3n) is 3.49. The van der Waals surface area contributed by atoms with Gasteiger partial charge < -0.3 is 10.5 Å². The summed E-state index contributed by atoms with van der Waals surface area (Å²) in [4.78, 5) is 0. The van der Waals surface area contributed by atoms with Crippen LogP contribution < -0.4 is 10.5 Å². The number of aromatic nitrogens is 2. The van der Waals surface area contributed by atoms with Gasteiger partial charge in [0.25, 0.3) is 0 Å². The molecule has 2 atom stereocenters. The van der Waals surface area contributed by atoms with Gasteiger partial charge in [-0.2, -0.15) is 5.10 Å². The molecular formula is C16H23N3O. The van der Waals surface area contributed by atoms with E-state index in [4.69, 9.17) is 10.5 Å². The second-order valence-electron chi connectivity index (χ2n) is 5.16. The van der Waals surface area contributed by atoms with Crippen molar-refractivity contribution in [1.29, 1.82) is 0 Å². The molecule has 4 heteroatoms. The molecule has 0 saturated heterocycles. The number of para-hydroxylation sites is 1. The molecule has 2 aromatic rings. The summed E-state index contributed by atoms with van der Waals surface area (Å²) in [6.07, 6.45) is 3.07. The Balaban J connectivity index is 2.04. The molecule has 1 aromatic heterocycles. The molecule has 0 aliphatic carbocycles. The number of benzene rings is 1. The minimum atomic E-state index is -0.0381. The highest BCUT2D eigenvalue weighted by atomic mass is 16.5. The van der Waals surface area contributed by atoms with E-state index in [0.717, 1.165) is 23.4 Å². The summed E-state index contributed by atoms with van der Waals surface area (Å²) in [5.41, 5.74) is 7.90. The zero-order valence-electron chi connectivity index (χ0n) is 12.4. The van der Waals surface area contributed by atoms with Crippen LogP contribution in [0.4, 0.5) is 0 Å². The van der Waals surface area contributed by atoms with Crippen LogP contribution in [-0.2, 0) is 6.61 Å². The summed E-state index contributed by atoms with van der Waals surface area (Å²) in [5.74, 6) is 0.834. The molecule has 0 bridgehead atoms. The van der Waals surface area contributed by atoms with Crippen molar-refractivity contribution in [3.8, 4) is 5.75 Å². The van der Waals surface area contributed by atoms with Gasteiger partial charge in [-0.05, 0) is 32.4 Å². The maximum absolute atomic E-state index is 5.95. The zero-order valence-corrected chi connectivity index (χ0v) is 12.4. The lowest BCUT2D eigenvalue weighted by atomic mass is 10.1. The minimum absolute atomic E-state index is 0.0381. The molecule has 0 radical (unpaired) electrons. The number of nitrogens with zero attached hydrogens (tertiary/aromatic N) is 2. The first kappa shape index (κ1) is 14.6. The lowest BCUT2D eigenvalue weighted by Gasteiger charge is -2.13. The van der Waals surface area contributed by atoms with E-state index < -0.39 is 0 Å². The van der Waals surface area contributed by atoms with Crippen LogP contribution in [0.3, 0.4) is 0 Å². The fourth-order valence-corrected chi connectivity index (χ4v) is 2.03. The summed E-state index contributed by atoms with van der Waals surface area (Å²) in [6.45, 7) is 6.73. The van der Waals surface area contributed by atoms with Crippen molar-refractivity contribution in [2.24, 2.45) is 5.73 Å². The average molecular weight is 273 g/mol. The molecule has 0 aliphatic rings. The first-order valence-corrected chi connectivity index (χ1v) is 7.13. The minimum Gasteiger partial charge on any atom is -0.487 e. The number of hydrogen-bond acceptors (Lipinski definition) is 3. The molecular weight excluding hydrogens is 250 g/mol. The molecule has 1 aromatic carbocycles. The van der Waals surface area contributed by atoms with E-state index >= 15 is 0 Å². The van der Waals surface area contributed by atoms with Crippen molar-refractivity contribution >= 4 is 0 Å². The normalized spacial score (nSPS) is 14.0. The quantitative estimate of drug-likeness (QED) is 0.877. The van der Waals surface area contributed by atoms with Crippen LogP contribution in [-0.4, -0.2) is 9.78 Å². The summed E-state index contributed by atoms with van der Waals surface area (Å²) in [6, 6.07) is 10.3. The van der Waals surface area contributed by atoms with Gasteiger partial charge in [-0.1, -0.05) is 25.1 Å². The van der Waals surface area contributed by atoms with Crippen molar-refractivity contribution in [2.45, 2.75) is 45.9 Å². The van der Waals surface area contributed by atoms with Crippen LogP contribution in [0.25, 0.3) is 0 Å². The second kappa shape index (κ2) is 6.57. The molecule has 4 nitrogen and oxygen atoms in total. The fraction of sp³-hybridized carbons (Fsp3) is 0.438. The predicted octanol–water partition coefficient (Wildman–Crippen LogP) is 3.45. The van der Waals surface area contributed by atoms with Crippen molar-refractivity contribution < 1.29 is 4.74 Å². The number of hydrogen-bond donors (Lipinski definition) is 1. The Morgan fingerprint density at radius 1 is 1.25 bits per heavy atom.